The zero-order valence-electron chi connectivity index (χ0n) is 48.1. The lowest BCUT2D eigenvalue weighted by molar-refractivity contribution is 1.17. The number of hydrogen-bond donors (Lipinski definition) is 0. The van der Waals surface area contributed by atoms with Crippen LogP contribution in [0.4, 0.5) is 0 Å². The van der Waals surface area contributed by atoms with Gasteiger partial charge >= 0.3 is 0 Å². The molecule has 3 aromatic heterocycles. The molecule has 0 aliphatic rings. The number of para-hydroxylation sites is 3. The number of benzene rings is 14. The molecule has 4 heteroatoms. The van der Waals surface area contributed by atoms with E-state index in [-0.39, 0.29) is 0 Å². The summed E-state index contributed by atoms with van der Waals surface area (Å²) in [7, 11) is -3.18. The molecular weight excluding hydrogens is 1100 g/mol. The fraction of sp³-hybridized carbons (Fsp3) is 0. The van der Waals surface area contributed by atoms with Gasteiger partial charge in [-0.25, -0.2) is 0 Å². The van der Waals surface area contributed by atoms with Gasteiger partial charge in [0, 0.05) is 64.1 Å². The van der Waals surface area contributed by atoms with Crippen molar-refractivity contribution in [3.05, 3.63) is 340 Å². The van der Waals surface area contributed by atoms with Crippen molar-refractivity contribution in [1.29, 1.82) is 0 Å². The Hall–Kier alpha value is -10.9. The lowest BCUT2D eigenvalue weighted by Gasteiger charge is -2.36. The molecule has 0 fully saturated rings. The molecule has 0 radical (unpaired) electrons. The predicted molar refractivity (Wildman–Crippen MR) is 379 cm³/mol. The van der Waals surface area contributed by atoms with E-state index >= 15 is 0 Å². The number of nitrogens with zero attached hydrogens (tertiary/aromatic N) is 2. The molecule has 0 amide bonds. The highest BCUT2D eigenvalue weighted by Crippen LogP contribution is 2.47. The van der Waals surface area contributed by atoms with E-state index in [1.54, 1.807) is 0 Å². The monoisotopic (exact) mass is 1150 g/mol. The van der Waals surface area contributed by atoms with Gasteiger partial charge in [0.05, 0.1) is 27.8 Å². The first kappa shape index (κ1) is 51.5. The summed E-state index contributed by atoms with van der Waals surface area (Å²) in [6.45, 7) is 0. The van der Waals surface area contributed by atoms with E-state index in [4.69, 9.17) is 0 Å². The molecule has 88 heavy (non-hydrogen) atoms. The minimum atomic E-state index is -3.18. The minimum Gasteiger partial charge on any atom is -0.309 e. The van der Waals surface area contributed by atoms with Crippen LogP contribution in [0.5, 0.6) is 0 Å². The minimum absolute atomic E-state index is 1.11. The summed E-state index contributed by atoms with van der Waals surface area (Å²) in [5.41, 5.74) is 18.8. The molecular formula is C84H56N2SSi. The smallest absolute Gasteiger partial charge is 0.179 e. The van der Waals surface area contributed by atoms with Crippen LogP contribution in [0.3, 0.4) is 0 Å². The summed E-state index contributed by atoms with van der Waals surface area (Å²) >= 11 is 1.87. The first-order chi connectivity index (χ1) is 43.7. The molecule has 3 heterocycles. The SMILES string of the molecule is c1ccc(-c2cccc([Si](c3ccccc3)(c3ccccc3)c3cc(-c4ccccc4)c(-n4c5ccccc5c5cc(-n6c7ccccc7c7cccc(-c8ccccc8-c8cccc9sc%10ccccc%10c89)c76)ccc54)c(-c4ccccc4)c3)c2)cc1. The Morgan fingerprint density at radius 2 is 0.682 bits per heavy atom. The quantitative estimate of drug-likeness (QED) is 0.0902. The van der Waals surface area contributed by atoms with Crippen molar-refractivity contribution in [3.8, 4) is 67.0 Å². The third kappa shape index (κ3) is 8.22. The Balaban J connectivity index is 0.938. The van der Waals surface area contributed by atoms with Gasteiger partial charge in [0.1, 0.15) is 0 Å². The highest BCUT2D eigenvalue weighted by atomic mass is 32.1. The van der Waals surface area contributed by atoms with E-state index in [0.717, 1.165) is 33.5 Å². The van der Waals surface area contributed by atoms with Crippen LogP contribution < -0.4 is 20.7 Å². The van der Waals surface area contributed by atoms with Gasteiger partial charge in [-0.05, 0) is 102 Å². The van der Waals surface area contributed by atoms with Crippen LogP contribution >= 0.6 is 11.3 Å². The van der Waals surface area contributed by atoms with Crippen molar-refractivity contribution in [2.75, 3.05) is 0 Å². The molecule has 0 bridgehead atoms. The summed E-state index contributed by atoms with van der Waals surface area (Å²) in [6, 6.07) is 127. The molecule has 412 valence electrons. The molecule has 17 aromatic rings. The standard InChI is InChI=1S/C84H56N2SSi/c1-6-27-57(28-7-1)60-33-24-38-64(53-60)88(62-34-12-4-13-35-62,63-36-14-5-15-37-63)65-55-74(58-29-8-2-9-30-58)84(75(56-65)59-31-10-3-11-32-59)86-78-48-22-19-42-69(78)76-54-61(51-52-79(76)86)85-77-47-21-18-41-68(77)72-46-25-45-71(83(72)85)67-40-17-16-39-66(67)70-44-26-50-81-82(70)73-43-20-23-49-80(73)87-81/h1-56H. The number of aromatic nitrogens is 2. The first-order valence-corrected chi connectivity index (χ1v) is 33.1. The van der Waals surface area contributed by atoms with Crippen LogP contribution in [0.25, 0.3) is 131 Å². The fourth-order valence-corrected chi connectivity index (χ4v) is 20.5. The maximum Gasteiger partial charge on any atom is 0.179 e. The van der Waals surface area contributed by atoms with Gasteiger partial charge < -0.3 is 9.13 Å². The number of fused-ring (bicyclic) bond motifs is 9. The largest absolute Gasteiger partial charge is 0.309 e. The zero-order chi connectivity index (χ0) is 58.1. The summed E-state index contributed by atoms with van der Waals surface area (Å²) in [5, 5.41) is 12.7. The molecule has 0 saturated carbocycles. The van der Waals surface area contributed by atoms with Crippen LogP contribution in [0.2, 0.25) is 0 Å². The molecule has 0 N–H and O–H groups in total. The van der Waals surface area contributed by atoms with Gasteiger partial charge in [-0.2, -0.15) is 0 Å². The normalized spacial score (nSPS) is 11.9. The van der Waals surface area contributed by atoms with Gasteiger partial charge in [-0.1, -0.05) is 297 Å². The molecule has 0 aliphatic carbocycles. The number of rotatable bonds is 11. The van der Waals surface area contributed by atoms with Crippen LogP contribution in [0.15, 0.2) is 340 Å². The van der Waals surface area contributed by atoms with Crippen molar-refractivity contribution < 1.29 is 0 Å². The lowest BCUT2D eigenvalue weighted by Crippen LogP contribution is -2.74. The molecule has 0 atom stereocenters. The second-order valence-corrected chi connectivity index (χ2v) is 27.9. The molecule has 17 rings (SSSR count). The maximum absolute atomic E-state index is 3.18. The highest BCUT2D eigenvalue weighted by molar-refractivity contribution is 7.26. The predicted octanol–water partition coefficient (Wildman–Crippen LogP) is 20.0. The zero-order valence-corrected chi connectivity index (χ0v) is 50.0. The number of thiophene rings is 1. The summed E-state index contributed by atoms with van der Waals surface area (Å²) < 4.78 is 7.72. The van der Waals surface area contributed by atoms with Crippen LogP contribution in [0, 0.1) is 0 Å². The van der Waals surface area contributed by atoms with Gasteiger partial charge in [0.25, 0.3) is 0 Å². The van der Waals surface area contributed by atoms with E-state index in [0.29, 0.717) is 0 Å². The molecule has 14 aromatic carbocycles. The van der Waals surface area contributed by atoms with E-state index < -0.39 is 8.07 Å². The molecule has 0 aliphatic heterocycles. The summed E-state index contributed by atoms with van der Waals surface area (Å²) in [4.78, 5) is 0. The first-order valence-electron chi connectivity index (χ1n) is 30.3. The van der Waals surface area contributed by atoms with Crippen molar-refractivity contribution in [1.82, 2.24) is 9.13 Å². The van der Waals surface area contributed by atoms with Crippen molar-refractivity contribution >= 4 is 104 Å². The molecule has 0 spiro atoms. The van der Waals surface area contributed by atoms with Crippen LogP contribution in [-0.4, -0.2) is 17.2 Å². The van der Waals surface area contributed by atoms with E-state index in [2.05, 4.69) is 349 Å². The Bertz CT molecular complexity index is 5390. The molecule has 0 unspecified atom stereocenters. The fourth-order valence-electron chi connectivity index (χ4n) is 14.5. The van der Waals surface area contributed by atoms with Crippen LogP contribution in [0.1, 0.15) is 0 Å². The maximum atomic E-state index is 2.58. The van der Waals surface area contributed by atoms with Gasteiger partial charge in [0.15, 0.2) is 8.07 Å². The third-order valence-corrected chi connectivity index (χ3v) is 24.1. The summed E-state index contributed by atoms with van der Waals surface area (Å²) in [5.74, 6) is 0. The van der Waals surface area contributed by atoms with Crippen molar-refractivity contribution in [2.24, 2.45) is 0 Å². The average Bonchev–Trinajstić information content (AvgIpc) is 1.61. The number of hydrogen-bond acceptors (Lipinski definition) is 1. The Kier molecular flexibility index (Phi) is 12.5. The molecule has 0 saturated heterocycles. The van der Waals surface area contributed by atoms with E-state index in [1.165, 1.54) is 118 Å². The van der Waals surface area contributed by atoms with E-state index in [1.807, 2.05) is 11.3 Å². The summed E-state index contributed by atoms with van der Waals surface area (Å²) in [6.07, 6.45) is 0. The average molecular weight is 1150 g/mol. The highest BCUT2D eigenvalue weighted by Gasteiger charge is 2.43. The van der Waals surface area contributed by atoms with Gasteiger partial charge in [-0.15, -0.1) is 11.3 Å². The van der Waals surface area contributed by atoms with Crippen molar-refractivity contribution in [2.45, 2.75) is 0 Å². The second kappa shape index (κ2) is 21.3. The Morgan fingerprint density at radius 3 is 1.34 bits per heavy atom. The topological polar surface area (TPSA) is 9.86 Å². The van der Waals surface area contributed by atoms with Crippen LogP contribution in [-0.2, 0) is 0 Å². The Morgan fingerprint density at radius 1 is 0.239 bits per heavy atom. The molecule has 2 nitrogen and oxygen atoms in total. The lowest BCUT2D eigenvalue weighted by atomic mass is 9.91. The third-order valence-electron chi connectivity index (χ3n) is 18.3. The second-order valence-electron chi connectivity index (χ2n) is 23.0. The van der Waals surface area contributed by atoms with Gasteiger partial charge in [0.2, 0.25) is 0 Å². The van der Waals surface area contributed by atoms with Crippen molar-refractivity contribution in [3.63, 3.8) is 0 Å². The van der Waals surface area contributed by atoms with Gasteiger partial charge in [-0.3, -0.25) is 0 Å². The van der Waals surface area contributed by atoms with E-state index in [9.17, 15) is 0 Å². The Labute approximate surface area is 516 Å².